The average molecular weight is 192 g/mol. The molecule has 0 aliphatic rings. The normalized spacial score (nSPS) is 2.57. The smallest absolute Gasteiger partial charge is 0.0351 e. The molecular weight excluding hydrogens is 182 g/mol. The van der Waals surface area contributed by atoms with E-state index >= 15 is 0 Å². The van der Waals surface area contributed by atoms with Gasteiger partial charge < -0.3 is 4.74 Å². The zero-order valence-electron chi connectivity index (χ0n) is 4.04. The summed E-state index contributed by atoms with van der Waals surface area (Å²) in [4.78, 5) is 0. The van der Waals surface area contributed by atoms with Crippen molar-refractivity contribution in [1.82, 2.24) is 0 Å². The van der Waals surface area contributed by atoms with Crippen LogP contribution in [0.3, 0.4) is 0 Å². The minimum Gasteiger partial charge on any atom is -0.388 e. The average Bonchev–Trinajstić information content (AvgIpc) is 0.918. The van der Waals surface area contributed by atoms with Gasteiger partial charge in [0.1, 0.15) is 0 Å². The lowest BCUT2D eigenvalue weighted by Gasteiger charge is -1.61. The van der Waals surface area contributed by atoms with E-state index in [2.05, 4.69) is 4.74 Å². The molecule has 0 saturated carbocycles. The molecule has 0 amide bonds. The Morgan fingerprint density at radius 3 is 0.714 bits per heavy atom. The Bertz CT molecular complexity index is 9.65. The fraction of sp³-hybridized carbons (Fsp3) is 1.00. The molecule has 0 unspecified atom stereocenters. The summed E-state index contributed by atoms with van der Waals surface area (Å²) >= 11 is 0. The summed E-state index contributed by atoms with van der Waals surface area (Å²) in [5.74, 6) is 0. The van der Waals surface area contributed by atoms with Crippen molar-refractivity contribution >= 4 is 49.6 Å². The van der Waals surface area contributed by atoms with Gasteiger partial charge in [0.2, 0.25) is 0 Å². The van der Waals surface area contributed by atoms with Crippen LogP contribution in [0.4, 0.5) is 0 Å². The van der Waals surface area contributed by atoms with E-state index in [4.69, 9.17) is 0 Å². The van der Waals surface area contributed by atoms with Crippen molar-refractivity contribution in [3.8, 4) is 0 Å². The molecule has 0 aliphatic carbocycles. The van der Waals surface area contributed by atoms with Crippen molar-refractivity contribution in [1.29, 1.82) is 0 Å². The maximum Gasteiger partial charge on any atom is 0.0351 e. The predicted octanol–water partition coefficient (Wildman–Crippen LogP) is 1.95. The molecule has 0 atom stereocenters. The zero-order chi connectivity index (χ0) is 2.71. The number of hydrogen-bond donors (Lipinski definition) is 0. The van der Waals surface area contributed by atoms with Crippen LogP contribution in [0.5, 0.6) is 0 Å². The molecule has 0 heterocycles. The van der Waals surface area contributed by atoms with Gasteiger partial charge in [0, 0.05) is 14.2 Å². The number of hydrogen-bond acceptors (Lipinski definition) is 1. The maximum absolute atomic E-state index is 4.25. The molecule has 0 radical (unpaired) electrons. The highest BCUT2D eigenvalue weighted by Gasteiger charge is 1.25. The van der Waals surface area contributed by atoms with Crippen molar-refractivity contribution in [2.24, 2.45) is 0 Å². The SMILES string of the molecule is COC.Cl.Cl.Cl.Cl. The van der Waals surface area contributed by atoms with E-state index in [0.717, 1.165) is 0 Å². The topological polar surface area (TPSA) is 9.23 Å². The first-order valence-electron chi connectivity index (χ1n) is 0.816. The highest BCUT2D eigenvalue weighted by molar-refractivity contribution is 5.86. The summed E-state index contributed by atoms with van der Waals surface area (Å²) < 4.78 is 4.25. The minimum atomic E-state index is 0. The third-order valence-electron chi connectivity index (χ3n) is 0. The molecule has 0 aliphatic heterocycles. The Morgan fingerprint density at radius 2 is 0.714 bits per heavy atom. The maximum atomic E-state index is 4.25. The second kappa shape index (κ2) is 59.3. The van der Waals surface area contributed by atoms with Crippen molar-refractivity contribution in [2.75, 3.05) is 14.2 Å². The number of methoxy groups -OCH3 is 1. The van der Waals surface area contributed by atoms with Gasteiger partial charge in [-0.25, -0.2) is 0 Å². The summed E-state index contributed by atoms with van der Waals surface area (Å²) in [7, 11) is 3.25. The molecule has 0 aromatic heterocycles. The molecule has 7 heavy (non-hydrogen) atoms. The first kappa shape index (κ1) is 42.3. The largest absolute Gasteiger partial charge is 0.388 e. The number of ether oxygens (including phenoxy) is 1. The van der Waals surface area contributed by atoms with Crippen LogP contribution in [0.15, 0.2) is 0 Å². The monoisotopic (exact) mass is 190 g/mol. The Morgan fingerprint density at radius 1 is 0.714 bits per heavy atom. The van der Waals surface area contributed by atoms with Gasteiger partial charge in [-0.3, -0.25) is 0 Å². The quantitative estimate of drug-likeness (QED) is 0.569. The van der Waals surface area contributed by atoms with Gasteiger partial charge in [-0.05, 0) is 0 Å². The number of halogens is 4. The van der Waals surface area contributed by atoms with Crippen LogP contribution in [0.2, 0.25) is 0 Å². The summed E-state index contributed by atoms with van der Waals surface area (Å²) in [5, 5.41) is 0. The van der Waals surface area contributed by atoms with Crippen molar-refractivity contribution in [3.63, 3.8) is 0 Å². The molecule has 52 valence electrons. The summed E-state index contributed by atoms with van der Waals surface area (Å²) in [6.45, 7) is 0. The third-order valence-corrected chi connectivity index (χ3v) is 0. The first-order valence-corrected chi connectivity index (χ1v) is 0.816. The van der Waals surface area contributed by atoms with Crippen LogP contribution >= 0.6 is 49.6 Å². The molecule has 0 rings (SSSR count). The molecule has 0 aromatic rings. The van der Waals surface area contributed by atoms with Gasteiger partial charge in [-0.15, -0.1) is 49.6 Å². The second-order valence-corrected chi connectivity index (χ2v) is 0.408. The lowest BCUT2D eigenvalue weighted by Crippen LogP contribution is -1.55. The first-order chi connectivity index (χ1) is 1.41. The summed E-state index contributed by atoms with van der Waals surface area (Å²) in [5.41, 5.74) is 0. The van der Waals surface area contributed by atoms with E-state index < -0.39 is 0 Å². The molecule has 0 fully saturated rings. The van der Waals surface area contributed by atoms with E-state index in [1.807, 2.05) is 0 Å². The Kier molecular flexibility index (Phi) is 358. The van der Waals surface area contributed by atoms with Gasteiger partial charge in [0.25, 0.3) is 0 Å². The highest BCUT2D eigenvalue weighted by Crippen LogP contribution is 1.28. The van der Waals surface area contributed by atoms with Crippen LogP contribution in [-0.2, 0) is 4.74 Å². The van der Waals surface area contributed by atoms with Crippen molar-refractivity contribution < 1.29 is 4.74 Å². The van der Waals surface area contributed by atoms with Crippen LogP contribution in [0, 0.1) is 0 Å². The lowest BCUT2D eigenvalue weighted by molar-refractivity contribution is 0.277. The van der Waals surface area contributed by atoms with E-state index in [1.54, 1.807) is 14.2 Å². The van der Waals surface area contributed by atoms with Gasteiger partial charge in [0.15, 0.2) is 0 Å². The van der Waals surface area contributed by atoms with E-state index in [1.165, 1.54) is 0 Å². The van der Waals surface area contributed by atoms with Crippen molar-refractivity contribution in [3.05, 3.63) is 0 Å². The molecule has 0 spiro atoms. The molecule has 5 heteroatoms. The van der Waals surface area contributed by atoms with Gasteiger partial charge in [-0.1, -0.05) is 0 Å². The van der Waals surface area contributed by atoms with Crippen LogP contribution in [-0.4, -0.2) is 14.2 Å². The lowest BCUT2D eigenvalue weighted by atomic mass is 11.6. The summed E-state index contributed by atoms with van der Waals surface area (Å²) in [6.07, 6.45) is 0. The molecule has 1 nitrogen and oxygen atoms in total. The fourth-order valence-electron chi connectivity index (χ4n) is 0. The standard InChI is InChI=1S/C2H6O.4ClH/c1-3-2;;;;/h1-2H3;4*1H. The molecule has 0 N–H and O–H groups in total. The van der Waals surface area contributed by atoms with Crippen molar-refractivity contribution in [2.45, 2.75) is 0 Å². The van der Waals surface area contributed by atoms with Crippen LogP contribution in [0.1, 0.15) is 0 Å². The minimum absolute atomic E-state index is 0. The molecule has 0 bridgehead atoms. The predicted molar refractivity (Wildman–Crippen MR) is 41.9 cm³/mol. The van der Waals surface area contributed by atoms with E-state index in [-0.39, 0.29) is 49.6 Å². The zero-order valence-corrected chi connectivity index (χ0v) is 7.31. The Hall–Kier alpha value is 1.12. The Labute approximate surface area is 68.8 Å². The summed E-state index contributed by atoms with van der Waals surface area (Å²) in [6, 6.07) is 0. The third kappa shape index (κ3) is 149. The Balaban J connectivity index is -0.00000000333. The van der Waals surface area contributed by atoms with Gasteiger partial charge in [-0.2, -0.15) is 0 Å². The molecule has 0 aromatic carbocycles. The molecule has 0 saturated heterocycles. The van der Waals surface area contributed by atoms with Crippen LogP contribution < -0.4 is 0 Å². The van der Waals surface area contributed by atoms with E-state index in [9.17, 15) is 0 Å². The fourth-order valence-corrected chi connectivity index (χ4v) is 0. The van der Waals surface area contributed by atoms with Crippen LogP contribution in [0.25, 0.3) is 0 Å². The number of rotatable bonds is 0. The highest BCUT2D eigenvalue weighted by atomic mass is 35.5. The van der Waals surface area contributed by atoms with Gasteiger partial charge in [0.05, 0.1) is 0 Å². The van der Waals surface area contributed by atoms with Gasteiger partial charge >= 0.3 is 0 Å². The second-order valence-electron chi connectivity index (χ2n) is 0.408. The molecular formula is C2H10Cl4O. The van der Waals surface area contributed by atoms with E-state index in [0.29, 0.717) is 0 Å².